The van der Waals surface area contributed by atoms with E-state index in [1.165, 1.54) is 6.21 Å². The summed E-state index contributed by atoms with van der Waals surface area (Å²) in [7, 11) is 0. The van der Waals surface area contributed by atoms with Gasteiger partial charge < -0.3 is 0 Å². The van der Waals surface area contributed by atoms with Crippen LogP contribution in [0.3, 0.4) is 0 Å². The molecular formula is C12H10BrN5O3S. The minimum Gasteiger partial charge on any atom is -0.272 e. The molecule has 0 atom stereocenters. The maximum absolute atomic E-state index is 11.6. The van der Waals surface area contributed by atoms with Crippen LogP contribution in [0.25, 0.3) is 0 Å². The van der Waals surface area contributed by atoms with Crippen molar-refractivity contribution < 1.29 is 4.79 Å². The van der Waals surface area contributed by atoms with E-state index in [2.05, 4.69) is 36.7 Å². The van der Waals surface area contributed by atoms with Crippen LogP contribution in [0.1, 0.15) is 5.56 Å². The third kappa shape index (κ3) is 4.97. The third-order valence-electron chi connectivity index (χ3n) is 2.29. The molecule has 1 aromatic heterocycles. The lowest BCUT2D eigenvalue weighted by atomic mass is 10.2. The molecule has 0 aliphatic heterocycles. The number of benzene rings is 1. The van der Waals surface area contributed by atoms with Crippen LogP contribution < -0.4 is 16.7 Å². The van der Waals surface area contributed by atoms with Crippen molar-refractivity contribution in [3.05, 3.63) is 55.1 Å². The number of hydrogen-bond donors (Lipinski definition) is 3. The second-order valence-corrected chi connectivity index (χ2v) is 5.83. The summed E-state index contributed by atoms with van der Waals surface area (Å²) in [6.07, 6.45) is 1.50. The van der Waals surface area contributed by atoms with Crippen molar-refractivity contribution in [2.24, 2.45) is 5.10 Å². The van der Waals surface area contributed by atoms with E-state index in [4.69, 9.17) is 0 Å². The number of carbonyl (C=O) groups is 1. The monoisotopic (exact) mass is 383 g/mol. The Morgan fingerprint density at radius 3 is 2.77 bits per heavy atom. The summed E-state index contributed by atoms with van der Waals surface area (Å²) in [5.74, 6) is -0.453. The molecule has 10 heteroatoms. The number of nitrogens with zero attached hydrogens (tertiary/aromatic N) is 2. The highest BCUT2D eigenvalue weighted by atomic mass is 79.9. The van der Waals surface area contributed by atoms with Gasteiger partial charge in [0.1, 0.15) is 0 Å². The number of H-pyrrole nitrogens is 2. The number of hydrazone groups is 1. The summed E-state index contributed by atoms with van der Waals surface area (Å²) in [5, 5.41) is 9.44. The van der Waals surface area contributed by atoms with Gasteiger partial charge in [0.25, 0.3) is 5.56 Å². The van der Waals surface area contributed by atoms with Crippen molar-refractivity contribution in [3.63, 3.8) is 0 Å². The van der Waals surface area contributed by atoms with Crippen LogP contribution in [0.4, 0.5) is 0 Å². The number of aromatic amines is 2. The second-order valence-electron chi connectivity index (χ2n) is 3.95. The van der Waals surface area contributed by atoms with Crippen molar-refractivity contribution in [1.82, 2.24) is 20.6 Å². The molecule has 2 rings (SSSR count). The van der Waals surface area contributed by atoms with Crippen LogP contribution in [0, 0.1) is 0 Å². The van der Waals surface area contributed by atoms with E-state index in [1.54, 1.807) is 0 Å². The van der Waals surface area contributed by atoms with E-state index < -0.39 is 17.2 Å². The standard InChI is InChI=1S/C12H10BrN5O3S/c13-8-3-1-7(2-4-8)5-14-16-9(19)6-22-11-10(20)15-12(21)18-17-11/h1-5H,6H2,(H,16,19)(H2,15,18,20,21)/b14-5-. The molecule has 2 aromatic rings. The molecule has 0 saturated heterocycles. The summed E-state index contributed by atoms with van der Waals surface area (Å²) in [6.45, 7) is 0. The smallest absolute Gasteiger partial charge is 0.272 e. The SMILES string of the molecule is O=C(CSc1n[nH]c(=O)[nH]c1=O)N/N=C\c1ccc(Br)cc1. The Hall–Kier alpha value is -2.20. The first-order chi connectivity index (χ1) is 10.5. The van der Waals surface area contributed by atoms with Crippen LogP contribution >= 0.6 is 27.7 Å². The van der Waals surface area contributed by atoms with Gasteiger partial charge in [-0.15, -0.1) is 0 Å². The van der Waals surface area contributed by atoms with Gasteiger partial charge in [0.2, 0.25) is 5.91 Å². The quantitative estimate of drug-likeness (QED) is 0.393. The molecule has 0 saturated carbocycles. The van der Waals surface area contributed by atoms with Gasteiger partial charge in [-0.05, 0) is 17.7 Å². The predicted octanol–water partition coefficient (Wildman–Crippen LogP) is 0.463. The van der Waals surface area contributed by atoms with Gasteiger partial charge in [0.15, 0.2) is 5.03 Å². The molecule has 1 amide bonds. The van der Waals surface area contributed by atoms with Crippen molar-refractivity contribution in [3.8, 4) is 0 Å². The molecule has 0 aliphatic rings. The topological polar surface area (TPSA) is 120 Å². The Morgan fingerprint density at radius 1 is 1.36 bits per heavy atom. The predicted molar refractivity (Wildman–Crippen MR) is 86.1 cm³/mol. The molecular weight excluding hydrogens is 374 g/mol. The fourth-order valence-electron chi connectivity index (χ4n) is 1.33. The zero-order valence-corrected chi connectivity index (χ0v) is 13.4. The van der Waals surface area contributed by atoms with E-state index in [9.17, 15) is 14.4 Å². The molecule has 8 nitrogen and oxygen atoms in total. The second kappa shape index (κ2) is 7.71. The molecule has 0 spiro atoms. The fourth-order valence-corrected chi connectivity index (χ4v) is 2.22. The fraction of sp³-hybridized carbons (Fsp3) is 0.0833. The molecule has 22 heavy (non-hydrogen) atoms. The highest BCUT2D eigenvalue weighted by Gasteiger charge is 2.06. The highest BCUT2D eigenvalue weighted by Crippen LogP contribution is 2.09. The number of carbonyl (C=O) groups excluding carboxylic acids is 1. The number of aromatic nitrogens is 3. The van der Waals surface area contributed by atoms with Gasteiger partial charge in [-0.2, -0.15) is 10.2 Å². The van der Waals surface area contributed by atoms with Crippen molar-refractivity contribution >= 4 is 39.8 Å². The van der Waals surface area contributed by atoms with Crippen molar-refractivity contribution in [2.45, 2.75) is 5.03 Å². The summed E-state index contributed by atoms with van der Waals surface area (Å²) >= 11 is 4.21. The number of hydrogen-bond acceptors (Lipinski definition) is 6. The zero-order valence-electron chi connectivity index (χ0n) is 11.0. The third-order valence-corrected chi connectivity index (χ3v) is 3.78. The van der Waals surface area contributed by atoms with E-state index in [0.29, 0.717) is 0 Å². The molecule has 0 bridgehead atoms. The molecule has 1 heterocycles. The first kappa shape index (κ1) is 16.2. The Morgan fingerprint density at radius 2 is 2.09 bits per heavy atom. The first-order valence-electron chi connectivity index (χ1n) is 5.94. The molecule has 3 N–H and O–H groups in total. The van der Waals surface area contributed by atoms with Crippen LogP contribution in [-0.2, 0) is 4.79 Å². The Kier molecular flexibility index (Phi) is 5.67. The number of thioether (sulfide) groups is 1. The highest BCUT2D eigenvalue weighted by molar-refractivity contribution is 9.10. The van der Waals surface area contributed by atoms with Crippen LogP contribution in [-0.4, -0.2) is 33.1 Å². The van der Waals surface area contributed by atoms with Gasteiger partial charge in [-0.3, -0.25) is 14.6 Å². The molecule has 0 aliphatic carbocycles. The summed E-state index contributed by atoms with van der Waals surface area (Å²) in [6, 6.07) is 7.37. The Labute approximate surface area is 136 Å². The number of rotatable bonds is 5. The maximum Gasteiger partial charge on any atom is 0.342 e. The van der Waals surface area contributed by atoms with Crippen molar-refractivity contribution in [1.29, 1.82) is 0 Å². The number of nitrogens with one attached hydrogen (secondary N) is 3. The lowest BCUT2D eigenvalue weighted by molar-refractivity contribution is -0.118. The van der Waals surface area contributed by atoms with Crippen LogP contribution in [0.5, 0.6) is 0 Å². The molecule has 114 valence electrons. The normalized spacial score (nSPS) is 10.8. The lowest BCUT2D eigenvalue weighted by Gasteiger charge is -1.99. The minimum atomic E-state index is -0.696. The average molecular weight is 384 g/mol. The van der Waals surface area contributed by atoms with E-state index in [-0.39, 0.29) is 10.8 Å². The minimum absolute atomic E-state index is 0.00615. The Balaban J connectivity index is 1.84. The maximum atomic E-state index is 11.6. The lowest BCUT2D eigenvalue weighted by Crippen LogP contribution is -2.26. The van der Waals surface area contributed by atoms with Crippen LogP contribution in [0.15, 0.2) is 48.5 Å². The zero-order chi connectivity index (χ0) is 15.9. The first-order valence-corrected chi connectivity index (χ1v) is 7.72. The van der Waals surface area contributed by atoms with E-state index in [1.807, 2.05) is 29.2 Å². The molecule has 0 fully saturated rings. The largest absolute Gasteiger partial charge is 0.342 e. The number of amides is 1. The van der Waals surface area contributed by atoms with Gasteiger partial charge >= 0.3 is 5.69 Å². The summed E-state index contributed by atoms with van der Waals surface area (Å²) in [4.78, 5) is 35.7. The van der Waals surface area contributed by atoms with E-state index >= 15 is 0 Å². The van der Waals surface area contributed by atoms with Crippen LogP contribution in [0.2, 0.25) is 0 Å². The molecule has 0 radical (unpaired) electrons. The van der Waals surface area contributed by atoms with Gasteiger partial charge in [0, 0.05) is 4.47 Å². The van der Waals surface area contributed by atoms with Crippen molar-refractivity contribution in [2.75, 3.05) is 5.75 Å². The van der Waals surface area contributed by atoms with E-state index in [0.717, 1.165) is 21.8 Å². The molecule has 1 aromatic carbocycles. The summed E-state index contributed by atoms with van der Waals surface area (Å²) in [5.41, 5.74) is 1.83. The molecule has 0 unspecified atom stereocenters. The number of halogens is 1. The van der Waals surface area contributed by atoms with Gasteiger partial charge in [-0.25, -0.2) is 15.3 Å². The summed E-state index contributed by atoms with van der Waals surface area (Å²) < 4.78 is 0.948. The van der Waals surface area contributed by atoms with Gasteiger partial charge in [0.05, 0.1) is 12.0 Å². The van der Waals surface area contributed by atoms with Gasteiger partial charge in [-0.1, -0.05) is 39.8 Å². The average Bonchev–Trinajstić information content (AvgIpc) is 2.48. The Bertz CT molecular complexity index is 799.